The summed E-state index contributed by atoms with van der Waals surface area (Å²) in [5, 5.41) is 41.1. The molecule has 1 aliphatic rings. The number of nitrogens with one attached hydrogen (secondary N) is 1. The molecular formula is C20H22FNO8. The molecule has 3 rings (SSSR count). The standard InChI is InChI=1S/C20H22FNO8/c21-13-3-1-2-4-14(13)22-16(24)10-28-11-5-7-12(8-6-11)29-20-19(27)18(26)17(25)15(9-23)30-20/h1-8,15,17-20,23,25-27H,9-10H2,(H,22,24)/t15-,17-,18+,19-,20-/m1/s1. The zero-order chi connectivity index (χ0) is 21.7. The lowest BCUT2D eigenvalue weighted by Gasteiger charge is -2.39. The molecule has 0 aromatic heterocycles. The predicted molar refractivity (Wildman–Crippen MR) is 101 cm³/mol. The van der Waals surface area contributed by atoms with Gasteiger partial charge in [0.25, 0.3) is 5.91 Å². The second kappa shape index (κ2) is 9.83. The maximum atomic E-state index is 13.5. The average Bonchev–Trinajstić information content (AvgIpc) is 2.75. The molecule has 1 aliphatic heterocycles. The smallest absolute Gasteiger partial charge is 0.262 e. The Bertz CT molecular complexity index is 847. The number of amides is 1. The van der Waals surface area contributed by atoms with Crippen molar-refractivity contribution in [3.63, 3.8) is 0 Å². The zero-order valence-electron chi connectivity index (χ0n) is 15.7. The van der Waals surface area contributed by atoms with E-state index in [0.29, 0.717) is 5.75 Å². The molecule has 1 amide bonds. The fourth-order valence-corrected chi connectivity index (χ4v) is 2.81. The van der Waals surface area contributed by atoms with Crippen LogP contribution in [0.15, 0.2) is 48.5 Å². The largest absolute Gasteiger partial charge is 0.484 e. The van der Waals surface area contributed by atoms with E-state index >= 15 is 0 Å². The van der Waals surface area contributed by atoms with Crippen molar-refractivity contribution in [3.8, 4) is 11.5 Å². The second-order valence-corrected chi connectivity index (χ2v) is 6.60. The summed E-state index contributed by atoms with van der Waals surface area (Å²) in [6.07, 6.45) is -6.93. The lowest BCUT2D eigenvalue weighted by Crippen LogP contribution is -2.60. The molecule has 30 heavy (non-hydrogen) atoms. The highest BCUT2D eigenvalue weighted by Crippen LogP contribution is 2.25. The van der Waals surface area contributed by atoms with Gasteiger partial charge in [-0.3, -0.25) is 4.79 Å². The number of carbonyl (C=O) groups is 1. The first kappa shape index (κ1) is 21.9. The van der Waals surface area contributed by atoms with Crippen LogP contribution in [0.5, 0.6) is 11.5 Å². The molecular weight excluding hydrogens is 401 g/mol. The van der Waals surface area contributed by atoms with Gasteiger partial charge in [-0.1, -0.05) is 12.1 Å². The van der Waals surface area contributed by atoms with Gasteiger partial charge in [0.1, 0.15) is 41.7 Å². The first-order valence-electron chi connectivity index (χ1n) is 9.13. The first-order valence-corrected chi connectivity index (χ1v) is 9.13. The number of halogens is 1. The molecule has 0 unspecified atom stereocenters. The van der Waals surface area contributed by atoms with E-state index in [1.54, 1.807) is 6.07 Å². The van der Waals surface area contributed by atoms with Crippen LogP contribution in [0.2, 0.25) is 0 Å². The summed E-state index contributed by atoms with van der Waals surface area (Å²) in [4.78, 5) is 11.9. The van der Waals surface area contributed by atoms with Crippen molar-refractivity contribution < 1.29 is 43.8 Å². The van der Waals surface area contributed by atoms with Crippen LogP contribution >= 0.6 is 0 Å². The molecule has 1 saturated heterocycles. The third-order valence-corrected chi connectivity index (χ3v) is 4.44. The van der Waals surface area contributed by atoms with Gasteiger partial charge in [0.05, 0.1) is 12.3 Å². The van der Waals surface area contributed by atoms with Crippen LogP contribution in [0.25, 0.3) is 0 Å². The quantitative estimate of drug-likeness (QED) is 0.420. The van der Waals surface area contributed by atoms with E-state index in [0.717, 1.165) is 0 Å². The van der Waals surface area contributed by atoms with Crippen LogP contribution < -0.4 is 14.8 Å². The van der Waals surface area contributed by atoms with Crippen molar-refractivity contribution in [2.45, 2.75) is 30.7 Å². The minimum Gasteiger partial charge on any atom is -0.484 e. The number of benzene rings is 2. The number of aliphatic hydroxyl groups is 4. The van der Waals surface area contributed by atoms with Gasteiger partial charge >= 0.3 is 0 Å². The minimum absolute atomic E-state index is 0.0503. The van der Waals surface area contributed by atoms with Crippen LogP contribution in [0.4, 0.5) is 10.1 Å². The molecule has 0 spiro atoms. The van der Waals surface area contributed by atoms with Crippen LogP contribution in [0, 0.1) is 5.82 Å². The molecule has 2 aromatic carbocycles. The SMILES string of the molecule is O=C(COc1ccc(O[C@@H]2O[C@H](CO)[C@@H](O)[C@H](O)[C@H]2O)cc1)Nc1ccccc1F. The van der Waals surface area contributed by atoms with Crippen molar-refractivity contribution in [1.29, 1.82) is 0 Å². The van der Waals surface area contributed by atoms with Crippen LogP contribution in [0.3, 0.4) is 0 Å². The topological polar surface area (TPSA) is 138 Å². The molecule has 5 N–H and O–H groups in total. The van der Waals surface area contributed by atoms with Crippen molar-refractivity contribution in [3.05, 3.63) is 54.3 Å². The van der Waals surface area contributed by atoms with E-state index in [4.69, 9.17) is 14.2 Å². The zero-order valence-corrected chi connectivity index (χ0v) is 15.7. The van der Waals surface area contributed by atoms with E-state index in [1.807, 2.05) is 0 Å². The van der Waals surface area contributed by atoms with Gasteiger partial charge in [-0.15, -0.1) is 0 Å². The minimum atomic E-state index is -1.54. The van der Waals surface area contributed by atoms with Crippen LogP contribution in [-0.2, 0) is 9.53 Å². The van der Waals surface area contributed by atoms with Crippen molar-refractivity contribution in [2.24, 2.45) is 0 Å². The van der Waals surface area contributed by atoms with Crippen molar-refractivity contribution in [2.75, 3.05) is 18.5 Å². The lowest BCUT2D eigenvalue weighted by molar-refractivity contribution is -0.277. The van der Waals surface area contributed by atoms with Gasteiger partial charge in [0.15, 0.2) is 6.61 Å². The Morgan fingerprint density at radius 3 is 2.33 bits per heavy atom. The number of hydrogen-bond donors (Lipinski definition) is 5. The molecule has 10 heteroatoms. The van der Waals surface area contributed by atoms with E-state index in [9.17, 15) is 29.6 Å². The van der Waals surface area contributed by atoms with Gasteiger partial charge in [-0.25, -0.2) is 4.39 Å². The van der Waals surface area contributed by atoms with Crippen LogP contribution in [-0.4, -0.2) is 70.3 Å². The Morgan fingerprint density at radius 2 is 1.67 bits per heavy atom. The Kier molecular flexibility index (Phi) is 7.19. The number of aliphatic hydroxyl groups excluding tert-OH is 4. The third kappa shape index (κ3) is 5.23. The fourth-order valence-electron chi connectivity index (χ4n) is 2.81. The van der Waals surface area contributed by atoms with E-state index in [-0.39, 0.29) is 18.0 Å². The summed E-state index contributed by atoms with van der Waals surface area (Å²) in [5.74, 6) is -0.510. The molecule has 0 radical (unpaired) electrons. The Balaban J connectivity index is 1.52. The third-order valence-electron chi connectivity index (χ3n) is 4.44. The number of anilines is 1. The molecule has 0 aliphatic carbocycles. The Hall–Kier alpha value is -2.76. The van der Waals surface area contributed by atoms with E-state index in [1.165, 1.54) is 42.5 Å². The normalized spacial score (nSPS) is 26.1. The van der Waals surface area contributed by atoms with Crippen LogP contribution in [0.1, 0.15) is 0 Å². The van der Waals surface area contributed by atoms with Gasteiger partial charge in [-0.05, 0) is 36.4 Å². The van der Waals surface area contributed by atoms with E-state index < -0.39 is 49.0 Å². The molecule has 9 nitrogen and oxygen atoms in total. The lowest BCUT2D eigenvalue weighted by atomic mass is 9.99. The summed E-state index contributed by atoms with van der Waals surface area (Å²) in [6.45, 7) is -0.909. The van der Waals surface area contributed by atoms with E-state index in [2.05, 4.69) is 5.32 Å². The number of rotatable bonds is 7. The predicted octanol–water partition coefficient (Wildman–Crippen LogP) is 0.0219. The number of para-hydroxylation sites is 1. The molecule has 162 valence electrons. The van der Waals surface area contributed by atoms with Gasteiger partial charge in [0.2, 0.25) is 6.29 Å². The average molecular weight is 423 g/mol. The highest BCUT2D eigenvalue weighted by molar-refractivity contribution is 5.91. The fraction of sp³-hybridized carbons (Fsp3) is 0.350. The second-order valence-electron chi connectivity index (χ2n) is 6.60. The summed E-state index contributed by atoms with van der Waals surface area (Å²) in [5.41, 5.74) is 0.0503. The summed E-state index contributed by atoms with van der Waals surface area (Å²) in [7, 11) is 0. The van der Waals surface area contributed by atoms with Gasteiger partial charge in [0, 0.05) is 0 Å². The van der Waals surface area contributed by atoms with Gasteiger partial charge in [-0.2, -0.15) is 0 Å². The number of ether oxygens (including phenoxy) is 3. The summed E-state index contributed by atoms with van der Waals surface area (Å²) in [6, 6.07) is 11.7. The molecule has 1 heterocycles. The number of carbonyl (C=O) groups excluding carboxylic acids is 1. The Morgan fingerprint density at radius 1 is 1.00 bits per heavy atom. The maximum absolute atomic E-state index is 13.5. The molecule has 5 atom stereocenters. The summed E-state index contributed by atoms with van der Waals surface area (Å²) >= 11 is 0. The van der Waals surface area contributed by atoms with Crippen molar-refractivity contribution >= 4 is 11.6 Å². The van der Waals surface area contributed by atoms with Crippen molar-refractivity contribution in [1.82, 2.24) is 0 Å². The highest BCUT2D eigenvalue weighted by Gasteiger charge is 2.44. The Labute approximate surface area is 171 Å². The van der Waals surface area contributed by atoms with Gasteiger partial charge < -0.3 is 40.0 Å². The molecule has 0 saturated carbocycles. The number of hydrogen-bond acceptors (Lipinski definition) is 8. The monoisotopic (exact) mass is 423 g/mol. The summed E-state index contributed by atoms with van der Waals surface area (Å²) < 4.78 is 29.6. The molecule has 0 bridgehead atoms. The first-order chi connectivity index (χ1) is 14.4. The highest BCUT2D eigenvalue weighted by atomic mass is 19.1. The molecule has 1 fully saturated rings. The maximum Gasteiger partial charge on any atom is 0.262 e. The molecule has 2 aromatic rings.